The van der Waals surface area contributed by atoms with Crippen molar-refractivity contribution in [2.45, 2.75) is 38.6 Å². The van der Waals surface area contributed by atoms with E-state index in [0.29, 0.717) is 18.2 Å². The van der Waals surface area contributed by atoms with Crippen LogP contribution in [0.15, 0.2) is 36.5 Å². The highest BCUT2D eigenvalue weighted by Gasteiger charge is 2.12. The molecule has 0 aliphatic carbocycles. The van der Waals surface area contributed by atoms with Crippen molar-refractivity contribution in [3.05, 3.63) is 42.1 Å². The lowest BCUT2D eigenvalue weighted by molar-refractivity contribution is 0.267. The van der Waals surface area contributed by atoms with Crippen LogP contribution in [0, 0.1) is 0 Å². The first-order valence-corrected chi connectivity index (χ1v) is 8.39. The number of aliphatic hydroxyl groups excluding tert-OH is 1. The second-order valence-corrected chi connectivity index (χ2v) is 5.69. The van der Waals surface area contributed by atoms with Crippen LogP contribution in [0.4, 0.5) is 11.8 Å². The van der Waals surface area contributed by atoms with Gasteiger partial charge in [-0.05, 0) is 24.8 Å². The molecule has 1 atom stereocenters. The average molecular weight is 365 g/mol. The molecule has 0 saturated heterocycles. The molecule has 25 heavy (non-hydrogen) atoms. The topological polar surface area (TPSA) is 93.3 Å². The van der Waals surface area contributed by atoms with Gasteiger partial charge in [-0.1, -0.05) is 43.7 Å². The Bertz CT molecular complexity index is 613. The summed E-state index contributed by atoms with van der Waals surface area (Å²) in [6.07, 6.45) is 5.23. The minimum atomic E-state index is -0.0732. The zero-order valence-corrected chi connectivity index (χ0v) is 15.6. The smallest absolute Gasteiger partial charge is 0.222 e. The molecule has 0 aliphatic rings. The lowest BCUT2D eigenvalue weighted by Crippen LogP contribution is -2.24. The fourth-order valence-electron chi connectivity index (χ4n) is 2.45. The second-order valence-electron chi connectivity index (χ2n) is 5.69. The molecule has 1 heterocycles. The third-order valence-corrected chi connectivity index (χ3v) is 3.68. The van der Waals surface area contributed by atoms with Crippen LogP contribution in [0.3, 0.4) is 0 Å². The number of aromatic nitrogens is 2. The van der Waals surface area contributed by atoms with Gasteiger partial charge in [0.05, 0.1) is 25.5 Å². The van der Waals surface area contributed by atoms with Gasteiger partial charge in [0.15, 0.2) is 11.6 Å². The predicted molar refractivity (Wildman–Crippen MR) is 106 cm³/mol. The number of hydrogen-bond donors (Lipinski definition) is 3. The Labute approximate surface area is 156 Å². The van der Waals surface area contributed by atoms with Crippen molar-refractivity contribution < 1.29 is 9.84 Å². The highest BCUT2D eigenvalue weighted by molar-refractivity contribution is 7.59. The molecule has 2 aromatic rings. The van der Waals surface area contributed by atoms with Gasteiger partial charge in [-0.25, -0.2) is 4.98 Å². The van der Waals surface area contributed by atoms with Crippen LogP contribution in [0.25, 0.3) is 0 Å². The van der Waals surface area contributed by atoms with E-state index in [1.807, 2.05) is 18.2 Å². The molecule has 6 nitrogen and oxygen atoms in total. The van der Waals surface area contributed by atoms with E-state index in [1.54, 1.807) is 6.20 Å². The molecule has 7 heteroatoms. The van der Waals surface area contributed by atoms with Crippen molar-refractivity contribution in [2.75, 3.05) is 24.3 Å². The van der Waals surface area contributed by atoms with Crippen LogP contribution in [-0.2, 0) is 6.42 Å². The molecular formula is C18H28N4O2S. The fraction of sp³-hybridized carbons (Fsp3) is 0.444. The van der Waals surface area contributed by atoms with Crippen LogP contribution in [-0.4, -0.2) is 34.3 Å². The number of nitrogens with two attached hydrogens (primary N) is 1. The van der Waals surface area contributed by atoms with Crippen molar-refractivity contribution in [3.63, 3.8) is 0 Å². The number of ether oxygens (including phenoxy) is 1. The summed E-state index contributed by atoms with van der Waals surface area (Å²) >= 11 is 0. The number of nitrogens with one attached hydrogen (secondary N) is 1. The van der Waals surface area contributed by atoms with Gasteiger partial charge in [-0.3, -0.25) is 0 Å². The summed E-state index contributed by atoms with van der Waals surface area (Å²) in [6.45, 7) is 2.67. The Morgan fingerprint density at radius 3 is 2.72 bits per heavy atom. The van der Waals surface area contributed by atoms with Gasteiger partial charge in [-0.15, -0.1) is 0 Å². The standard InChI is InChI=1S/C18H26N4O2.H2S/c1-2-7-15(13-23)21-17-16(12-20-18(19)22-17)24-11-6-10-14-8-4-3-5-9-14;/h3-5,8-9,12,15,23H,2,6-7,10-11,13H2,1H3,(H3,19,20,21,22);1H2/t15-;/m0./s1. The molecule has 1 aromatic carbocycles. The molecule has 0 saturated carbocycles. The summed E-state index contributed by atoms with van der Waals surface area (Å²) in [7, 11) is 0. The number of benzene rings is 1. The quantitative estimate of drug-likeness (QED) is 0.561. The van der Waals surface area contributed by atoms with E-state index < -0.39 is 0 Å². The first kappa shape index (κ1) is 21.1. The molecule has 0 bridgehead atoms. The van der Waals surface area contributed by atoms with Crippen LogP contribution < -0.4 is 15.8 Å². The summed E-state index contributed by atoms with van der Waals surface area (Å²) < 4.78 is 5.81. The van der Waals surface area contributed by atoms with Gasteiger partial charge in [0.25, 0.3) is 0 Å². The number of aliphatic hydroxyl groups is 1. The molecule has 138 valence electrons. The van der Waals surface area contributed by atoms with Gasteiger partial charge in [0.1, 0.15) is 0 Å². The van der Waals surface area contributed by atoms with Gasteiger partial charge in [-0.2, -0.15) is 18.5 Å². The maximum Gasteiger partial charge on any atom is 0.222 e. The molecule has 1 aromatic heterocycles. The zero-order chi connectivity index (χ0) is 17.2. The minimum Gasteiger partial charge on any atom is -0.488 e. The lowest BCUT2D eigenvalue weighted by Gasteiger charge is -2.18. The van der Waals surface area contributed by atoms with Crippen LogP contribution in [0.1, 0.15) is 31.7 Å². The van der Waals surface area contributed by atoms with Gasteiger partial charge < -0.3 is 20.9 Å². The molecule has 0 spiro atoms. The third-order valence-electron chi connectivity index (χ3n) is 3.68. The SMILES string of the molecule is CCC[C@@H](CO)Nc1nc(N)ncc1OCCCc1ccccc1.S. The first-order chi connectivity index (χ1) is 11.7. The Morgan fingerprint density at radius 2 is 2.04 bits per heavy atom. The van der Waals surface area contributed by atoms with Crippen molar-refractivity contribution in [1.82, 2.24) is 9.97 Å². The Morgan fingerprint density at radius 1 is 1.28 bits per heavy atom. The summed E-state index contributed by atoms with van der Waals surface area (Å²) in [6, 6.07) is 10.2. The number of aryl methyl sites for hydroxylation is 1. The second kappa shape index (κ2) is 11.5. The van der Waals surface area contributed by atoms with E-state index >= 15 is 0 Å². The van der Waals surface area contributed by atoms with E-state index in [9.17, 15) is 5.11 Å². The average Bonchev–Trinajstić information content (AvgIpc) is 2.60. The molecule has 0 unspecified atom stereocenters. The highest BCUT2D eigenvalue weighted by Crippen LogP contribution is 2.23. The normalized spacial score (nSPS) is 11.4. The molecule has 0 amide bonds. The summed E-state index contributed by atoms with van der Waals surface area (Å²) in [5.41, 5.74) is 6.96. The van der Waals surface area contributed by atoms with Gasteiger partial charge in [0.2, 0.25) is 5.95 Å². The van der Waals surface area contributed by atoms with Crippen molar-refractivity contribution in [1.29, 1.82) is 0 Å². The largest absolute Gasteiger partial charge is 0.488 e. The monoisotopic (exact) mass is 364 g/mol. The van der Waals surface area contributed by atoms with Crippen molar-refractivity contribution in [3.8, 4) is 5.75 Å². The van der Waals surface area contributed by atoms with Crippen LogP contribution in [0.5, 0.6) is 5.75 Å². The first-order valence-electron chi connectivity index (χ1n) is 8.39. The van der Waals surface area contributed by atoms with E-state index in [0.717, 1.165) is 25.7 Å². The van der Waals surface area contributed by atoms with Gasteiger partial charge >= 0.3 is 0 Å². The number of nitrogens with zero attached hydrogens (tertiary/aromatic N) is 2. The molecule has 0 radical (unpaired) electrons. The maximum atomic E-state index is 9.44. The maximum absolute atomic E-state index is 9.44. The van der Waals surface area contributed by atoms with Crippen LogP contribution in [0.2, 0.25) is 0 Å². The van der Waals surface area contributed by atoms with E-state index in [2.05, 4.69) is 34.3 Å². The van der Waals surface area contributed by atoms with E-state index in [1.165, 1.54) is 5.56 Å². The number of rotatable bonds is 10. The molecule has 2 rings (SSSR count). The van der Waals surface area contributed by atoms with Crippen LogP contribution >= 0.6 is 13.5 Å². The molecule has 0 aliphatic heterocycles. The number of nitrogen functional groups attached to an aromatic ring is 1. The van der Waals surface area contributed by atoms with E-state index in [4.69, 9.17) is 10.5 Å². The summed E-state index contributed by atoms with van der Waals surface area (Å²) in [5, 5.41) is 12.6. The van der Waals surface area contributed by atoms with Gasteiger partial charge in [0, 0.05) is 0 Å². The molecule has 0 fully saturated rings. The summed E-state index contributed by atoms with van der Waals surface area (Å²) in [5.74, 6) is 1.28. The molecular weight excluding hydrogens is 336 g/mol. The lowest BCUT2D eigenvalue weighted by atomic mass is 10.1. The zero-order valence-electron chi connectivity index (χ0n) is 14.6. The Hall–Kier alpha value is -1.99. The third kappa shape index (κ3) is 7.19. The van der Waals surface area contributed by atoms with E-state index in [-0.39, 0.29) is 32.1 Å². The Balaban J connectivity index is 0.00000312. The fourth-order valence-corrected chi connectivity index (χ4v) is 2.45. The van der Waals surface area contributed by atoms with Crippen molar-refractivity contribution >= 4 is 25.3 Å². The summed E-state index contributed by atoms with van der Waals surface area (Å²) in [4.78, 5) is 8.19. The minimum absolute atomic E-state index is 0. The number of anilines is 2. The number of hydrogen-bond acceptors (Lipinski definition) is 6. The Kier molecular flexibility index (Phi) is 9.72. The van der Waals surface area contributed by atoms with Crippen molar-refractivity contribution in [2.24, 2.45) is 0 Å². The highest BCUT2D eigenvalue weighted by atomic mass is 32.1. The predicted octanol–water partition coefficient (Wildman–Crippen LogP) is 2.76. The molecule has 4 N–H and O–H groups in total.